The normalized spacial score (nSPS) is 13.0. The second-order valence-electron chi connectivity index (χ2n) is 10.9. The van der Waals surface area contributed by atoms with Crippen molar-refractivity contribution in [2.45, 2.75) is 59.2 Å². The minimum Gasteiger partial charge on any atom is -0.352 e. The lowest BCUT2D eigenvalue weighted by molar-refractivity contribution is -0.140. The molecule has 0 aromatic heterocycles. The molecule has 8 nitrogen and oxygen atoms in total. The van der Waals surface area contributed by atoms with E-state index in [1.54, 1.807) is 31.2 Å². The third-order valence-electron chi connectivity index (χ3n) is 7.28. The Morgan fingerprint density at radius 2 is 1.63 bits per heavy atom. The third kappa shape index (κ3) is 8.95. The molecule has 2 atom stereocenters. The zero-order valence-electron chi connectivity index (χ0n) is 25.5. The van der Waals surface area contributed by atoms with Crippen molar-refractivity contribution >= 4 is 50.9 Å². The van der Waals surface area contributed by atoms with Gasteiger partial charge in [0.15, 0.2) is 0 Å². The first-order chi connectivity index (χ1) is 20.2. The number of hydrogen-bond acceptors (Lipinski definition) is 4. The van der Waals surface area contributed by atoms with Gasteiger partial charge < -0.3 is 10.2 Å². The summed E-state index contributed by atoms with van der Waals surface area (Å²) in [6, 6.07) is 18.7. The molecule has 0 heterocycles. The quantitative estimate of drug-likeness (QED) is 0.255. The number of halogens is 2. The number of hydrogen-bond donors (Lipinski definition) is 1. The van der Waals surface area contributed by atoms with Crippen molar-refractivity contribution < 1.29 is 18.0 Å². The molecule has 0 saturated heterocycles. The minimum atomic E-state index is -4.10. The van der Waals surface area contributed by atoms with E-state index in [-0.39, 0.29) is 24.9 Å². The zero-order valence-corrected chi connectivity index (χ0v) is 27.8. The van der Waals surface area contributed by atoms with E-state index in [0.29, 0.717) is 33.3 Å². The summed E-state index contributed by atoms with van der Waals surface area (Å²) >= 11 is 12.7. The predicted octanol–water partition coefficient (Wildman–Crippen LogP) is 5.78. The third-order valence-corrected chi connectivity index (χ3v) is 9.67. The molecule has 11 heteroatoms. The van der Waals surface area contributed by atoms with Crippen molar-refractivity contribution in [2.75, 3.05) is 24.9 Å². The summed E-state index contributed by atoms with van der Waals surface area (Å²) in [7, 11) is -1.26. The van der Waals surface area contributed by atoms with E-state index in [1.165, 1.54) is 19.0 Å². The Labute approximate surface area is 265 Å². The second-order valence-corrected chi connectivity index (χ2v) is 13.8. The number of nitrogens with zero attached hydrogens (tertiary/aromatic N) is 3. The first-order valence-corrected chi connectivity index (χ1v) is 16.2. The monoisotopic (exact) mass is 646 g/mol. The first kappa shape index (κ1) is 34.4. The van der Waals surface area contributed by atoms with Crippen LogP contribution in [0.3, 0.4) is 0 Å². The van der Waals surface area contributed by atoms with Gasteiger partial charge in [0.1, 0.15) is 12.6 Å². The molecule has 0 aliphatic rings. The Balaban J connectivity index is 2.16. The Bertz CT molecular complexity index is 1530. The first-order valence-electron chi connectivity index (χ1n) is 14.1. The molecule has 232 valence electrons. The van der Waals surface area contributed by atoms with E-state index in [0.717, 1.165) is 19.7 Å². The van der Waals surface area contributed by atoms with E-state index in [2.05, 4.69) is 5.32 Å². The summed E-state index contributed by atoms with van der Waals surface area (Å²) in [4.78, 5) is 29.7. The topological polar surface area (TPSA) is 90.0 Å². The Kier molecular flexibility index (Phi) is 12.0. The van der Waals surface area contributed by atoms with Gasteiger partial charge >= 0.3 is 10.2 Å². The Morgan fingerprint density at radius 3 is 2.23 bits per heavy atom. The van der Waals surface area contributed by atoms with Crippen LogP contribution in [-0.2, 0) is 32.8 Å². The van der Waals surface area contributed by atoms with E-state index in [4.69, 9.17) is 23.2 Å². The van der Waals surface area contributed by atoms with Gasteiger partial charge in [-0.3, -0.25) is 9.59 Å². The lowest BCUT2D eigenvalue weighted by Crippen LogP contribution is -2.55. The van der Waals surface area contributed by atoms with Crippen LogP contribution in [-0.4, -0.2) is 62.2 Å². The van der Waals surface area contributed by atoms with Crippen molar-refractivity contribution in [3.8, 4) is 0 Å². The molecule has 0 radical (unpaired) electrons. The molecule has 0 aliphatic heterocycles. The van der Waals surface area contributed by atoms with Gasteiger partial charge in [-0.1, -0.05) is 78.7 Å². The van der Waals surface area contributed by atoms with Gasteiger partial charge in [-0.25, -0.2) is 4.31 Å². The van der Waals surface area contributed by atoms with E-state index < -0.39 is 28.7 Å². The van der Waals surface area contributed by atoms with Crippen molar-refractivity contribution in [3.05, 3.63) is 99.0 Å². The molecule has 43 heavy (non-hydrogen) atoms. The van der Waals surface area contributed by atoms with Crippen molar-refractivity contribution in [1.82, 2.24) is 14.5 Å². The number of anilines is 1. The van der Waals surface area contributed by atoms with Crippen molar-refractivity contribution in [3.63, 3.8) is 0 Å². The molecule has 2 unspecified atom stereocenters. The minimum absolute atomic E-state index is 0.0388. The average molecular weight is 648 g/mol. The summed E-state index contributed by atoms with van der Waals surface area (Å²) in [6.45, 7) is 6.93. The number of nitrogens with one attached hydrogen (secondary N) is 1. The lowest BCUT2D eigenvalue weighted by Gasteiger charge is -2.35. The van der Waals surface area contributed by atoms with Crippen LogP contribution in [0.1, 0.15) is 42.5 Å². The highest BCUT2D eigenvalue weighted by atomic mass is 35.5. The van der Waals surface area contributed by atoms with Gasteiger partial charge in [0.2, 0.25) is 11.8 Å². The highest BCUT2D eigenvalue weighted by Crippen LogP contribution is 2.28. The fourth-order valence-corrected chi connectivity index (χ4v) is 6.10. The van der Waals surface area contributed by atoms with Crippen LogP contribution < -0.4 is 9.62 Å². The fourth-order valence-electron chi connectivity index (χ4n) is 4.52. The van der Waals surface area contributed by atoms with Crippen LogP contribution in [0.15, 0.2) is 66.7 Å². The SMILES string of the molecule is CCC(C)NC(=O)C(Cc1ccccc1)N(Cc1ccc(Cl)cc1Cl)C(=O)CN(c1cc(C)ccc1C)S(=O)(=O)N(C)C. The number of carbonyl (C=O) groups is 2. The number of amides is 2. The van der Waals surface area contributed by atoms with Crippen LogP contribution >= 0.6 is 23.2 Å². The molecule has 0 fully saturated rings. The van der Waals surface area contributed by atoms with E-state index in [1.807, 2.05) is 63.2 Å². The van der Waals surface area contributed by atoms with E-state index in [9.17, 15) is 18.0 Å². The molecule has 2 amide bonds. The maximum atomic E-state index is 14.4. The molecule has 3 rings (SSSR count). The molecular weight excluding hydrogens is 607 g/mol. The summed E-state index contributed by atoms with van der Waals surface area (Å²) < 4.78 is 29.5. The molecule has 0 bridgehead atoms. The van der Waals surface area contributed by atoms with Crippen LogP contribution in [0, 0.1) is 13.8 Å². The molecular formula is C32H40Cl2N4O4S. The molecule has 0 spiro atoms. The highest BCUT2D eigenvalue weighted by molar-refractivity contribution is 7.90. The standard InChI is InChI=1S/C32H40Cl2N4O4S/c1-7-24(4)35-32(40)30(18-25-11-9-8-10-12-25)37(20-26-15-16-27(33)19-28(26)34)31(39)21-38(43(41,42)36(5)6)29-17-22(2)13-14-23(29)3/h8-17,19,24,30H,7,18,20-21H2,1-6H3,(H,35,40). The van der Waals surface area contributed by atoms with Crippen LogP contribution in [0.4, 0.5) is 5.69 Å². The Hall–Kier alpha value is -3.11. The molecule has 1 N–H and O–H groups in total. The molecule has 3 aromatic rings. The summed E-state index contributed by atoms with van der Waals surface area (Å²) in [6.07, 6.45) is 0.909. The number of benzene rings is 3. The van der Waals surface area contributed by atoms with Gasteiger partial charge in [0.25, 0.3) is 0 Å². The fraction of sp³-hybridized carbons (Fsp3) is 0.375. The van der Waals surface area contributed by atoms with Crippen LogP contribution in [0.2, 0.25) is 10.0 Å². The molecule has 3 aromatic carbocycles. The zero-order chi connectivity index (χ0) is 31.9. The van der Waals surface area contributed by atoms with Crippen LogP contribution in [0.25, 0.3) is 0 Å². The summed E-state index contributed by atoms with van der Waals surface area (Å²) in [5, 5.41) is 3.78. The second kappa shape index (κ2) is 15.1. The van der Waals surface area contributed by atoms with Crippen molar-refractivity contribution in [2.24, 2.45) is 0 Å². The smallest absolute Gasteiger partial charge is 0.304 e. The number of rotatable bonds is 13. The number of carbonyl (C=O) groups excluding carboxylic acids is 2. The average Bonchev–Trinajstić information content (AvgIpc) is 2.96. The predicted molar refractivity (Wildman–Crippen MR) is 175 cm³/mol. The van der Waals surface area contributed by atoms with Crippen molar-refractivity contribution in [1.29, 1.82) is 0 Å². The Morgan fingerprint density at radius 1 is 0.953 bits per heavy atom. The summed E-state index contributed by atoms with van der Waals surface area (Å²) in [5.74, 6) is -0.900. The van der Waals surface area contributed by atoms with Gasteiger partial charge in [-0.2, -0.15) is 12.7 Å². The lowest BCUT2D eigenvalue weighted by atomic mass is 10.0. The van der Waals surface area contributed by atoms with Gasteiger partial charge in [0, 0.05) is 43.1 Å². The highest BCUT2D eigenvalue weighted by Gasteiger charge is 2.35. The van der Waals surface area contributed by atoms with Crippen LogP contribution in [0.5, 0.6) is 0 Å². The largest absolute Gasteiger partial charge is 0.352 e. The van der Waals surface area contributed by atoms with Gasteiger partial charge in [0.05, 0.1) is 5.69 Å². The summed E-state index contributed by atoms with van der Waals surface area (Å²) in [5.41, 5.74) is 3.33. The maximum Gasteiger partial charge on any atom is 0.304 e. The van der Waals surface area contributed by atoms with E-state index >= 15 is 0 Å². The number of aryl methyl sites for hydroxylation is 2. The molecule has 0 saturated carbocycles. The van der Waals surface area contributed by atoms with Gasteiger partial charge in [-0.05, 0) is 67.6 Å². The maximum absolute atomic E-state index is 14.4. The van der Waals surface area contributed by atoms with Gasteiger partial charge in [-0.15, -0.1) is 0 Å². The molecule has 0 aliphatic carbocycles.